The van der Waals surface area contributed by atoms with Crippen LogP contribution in [0.4, 0.5) is 22.7 Å². The second-order valence-corrected chi connectivity index (χ2v) is 16.4. The molecule has 4 aromatic carbocycles. The molecule has 0 spiro atoms. The zero-order valence-corrected chi connectivity index (χ0v) is 38.5. The van der Waals surface area contributed by atoms with Crippen molar-refractivity contribution in [2.24, 2.45) is 42.9 Å². The standard InChI is InChI=1S/C17H19ClN2S.2C11H14ClN5.3ClH/c1-19(2)10-5-11-20-14-6-3-4-7-16(14)21-17-9-8-13(18)12-15(17)20;2*1-11(2)16-9(13)15-10(14)17(11)8-5-3-7(12)4-6-8;;;/h3-4,6-9,12H,5,10-11H2,1-2H3;2*3-6H,1-2H3,(H4,13,14,15,16);3*1H. The van der Waals surface area contributed by atoms with Crippen molar-refractivity contribution in [2.45, 2.75) is 55.2 Å². The molecule has 0 amide bonds. The van der Waals surface area contributed by atoms with Crippen LogP contribution in [0.5, 0.6) is 0 Å². The number of anilines is 4. The Kier molecular flexibility index (Phi) is 18.6. The third-order valence-corrected chi connectivity index (χ3v) is 10.4. The molecule has 12 nitrogen and oxygen atoms in total. The fourth-order valence-electron chi connectivity index (χ4n) is 6.27. The number of nitrogens with two attached hydrogens (primary N) is 4. The van der Waals surface area contributed by atoms with E-state index in [1.807, 2.05) is 69.8 Å². The molecule has 314 valence electrons. The van der Waals surface area contributed by atoms with Crippen LogP contribution in [0.1, 0.15) is 34.1 Å². The van der Waals surface area contributed by atoms with Crippen LogP contribution in [-0.2, 0) is 0 Å². The van der Waals surface area contributed by atoms with Crippen LogP contribution in [0, 0.1) is 0 Å². The zero-order chi connectivity index (χ0) is 40.1. The molecule has 0 saturated heterocycles. The Morgan fingerprint density at radius 1 is 0.603 bits per heavy atom. The molecule has 3 heterocycles. The number of halogens is 6. The third kappa shape index (κ3) is 12.6. The van der Waals surface area contributed by atoms with Crippen LogP contribution in [0.15, 0.2) is 121 Å². The quantitative estimate of drug-likeness (QED) is 0.148. The van der Waals surface area contributed by atoms with Crippen molar-refractivity contribution in [3.05, 3.63) is 106 Å². The number of para-hydroxylation sites is 1. The van der Waals surface area contributed by atoms with Gasteiger partial charge in [-0.1, -0.05) is 58.7 Å². The molecule has 8 N–H and O–H groups in total. The highest BCUT2D eigenvalue weighted by atomic mass is 35.5. The monoisotopic (exact) mass is 928 g/mol. The summed E-state index contributed by atoms with van der Waals surface area (Å²) in [6.07, 6.45) is 1.12. The van der Waals surface area contributed by atoms with Crippen molar-refractivity contribution < 1.29 is 0 Å². The molecule has 0 radical (unpaired) electrons. The second kappa shape index (κ2) is 21.5. The lowest BCUT2D eigenvalue weighted by atomic mass is 10.1. The molecule has 58 heavy (non-hydrogen) atoms. The molecular formula is C39H50Cl6N12S. The number of nitrogens with zero attached hydrogens (tertiary/aromatic N) is 8. The highest BCUT2D eigenvalue weighted by molar-refractivity contribution is 7.99. The Hall–Kier alpha value is -3.79. The molecule has 0 atom stereocenters. The van der Waals surface area contributed by atoms with Gasteiger partial charge in [0.15, 0.2) is 0 Å². The average molecular weight is 932 g/mol. The van der Waals surface area contributed by atoms with Gasteiger partial charge in [-0.05, 0) is 134 Å². The fraction of sp³-hybridized carbons (Fsp3) is 0.282. The summed E-state index contributed by atoms with van der Waals surface area (Å²) in [7, 11) is 4.23. The summed E-state index contributed by atoms with van der Waals surface area (Å²) in [6, 6.07) is 29.4. The van der Waals surface area contributed by atoms with E-state index in [0.717, 1.165) is 35.9 Å². The van der Waals surface area contributed by atoms with Crippen LogP contribution in [0.2, 0.25) is 15.1 Å². The van der Waals surface area contributed by atoms with E-state index in [-0.39, 0.29) is 49.1 Å². The van der Waals surface area contributed by atoms with Gasteiger partial charge in [0.2, 0.25) is 23.8 Å². The van der Waals surface area contributed by atoms with Crippen LogP contribution in [0.25, 0.3) is 0 Å². The van der Waals surface area contributed by atoms with E-state index in [4.69, 9.17) is 57.7 Å². The van der Waals surface area contributed by atoms with Crippen molar-refractivity contribution in [3.63, 3.8) is 0 Å². The lowest BCUT2D eigenvalue weighted by Gasteiger charge is -2.38. The summed E-state index contributed by atoms with van der Waals surface area (Å²) in [5.41, 5.74) is 26.1. The minimum Gasteiger partial charge on any atom is -0.369 e. The van der Waals surface area contributed by atoms with Gasteiger partial charge in [0.1, 0.15) is 11.3 Å². The van der Waals surface area contributed by atoms with Gasteiger partial charge in [0, 0.05) is 42.8 Å². The maximum absolute atomic E-state index is 6.21. The van der Waals surface area contributed by atoms with Gasteiger partial charge < -0.3 is 32.7 Å². The minimum atomic E-state index is -0.566. The first-order valence-corrected chi connectivity index (χ1v) is 19.4. The Morgan fingerprint density at radius 3 is 1.48 bits per heavy atom. The fourth-order valence-corrected chi connectivity index (χ4v) is 7.77. The molecule has 0 aliphatic carbocycles. The maximum atomic E-state index is 6.21. The number of hydrogen-bond donors (Lipinski definition) is 4. The summed E-state index contributed by atoms with van der Waals surface area (Å²) in [5, 5.41) is 2.13. The minimum absolute atomic E-state index is 0. The summed E-state index contributed by atoms with van der Waals surface area (Å²) >= 11 is 19.7. The Morgan fingerprint density at radius 2 is 1.03 bits per heavy atom. The van der Waals surface area contributed by atoms with Crippen LogP contribution in [-0.4, -0.2) is 67.2 Å². The molecular weight excluding hydrogens is 881 g/mol. The van der Waals surface area contributed by atoms with E-state index in [9.17, 15) is 0 Å². The number of fused-ring (bicyclic) bond motifs is 2. The van der Waals surface area contributed by atoms with Gasteiger partial charge in [0.25, 0.3) is 0 Å². The number of hydrogen-bond acceptors (Lipinski definition) is 13. The van der Waals surface area contributed by atoms with Gasteiger partial charge in [0.05, 0.1) is 11.4 Å². The molecule has 0 fully saturated rings. The lowest BCUT2D eigenvalue weighted by Crippen LogP contribution is -2.54. The lowest BCUT2D eigenvalue weighted by molar-refractivity contribution is 0.402. The predicted octanol–water partition coefficient (Wildman–Crippen LogP) is 9.21. The molecule has 3 aliphatic heterocycles. The molecule has 0 unspecified atom stereocenters. The molecule has 0 bridgehead atoms. The molecule has 0 aromatic heterocycles. The molecule has 4 aromatic rings. The predicted molar refractivity (Wildman–Crippen MR) is 256 cm³/mol. The second-order valence-electron chi connectivity index (χ2n) is 14.0. The number of aliphatic imine (C=N–C) groups is 4. The highest BCUT2D eigenvalue weighted by Gasteiger charge is 2.34. The smallest absolute Gasteiger partial charge is 0.220 e. The van der Waals surface area contributed by atoms with Crippen molar-refractivity contribution in [3.8, 4) is 0 Å². The van der Waals surface area contributed by atoms with E-state index < -0.39 is 11.3 Å². The summed E-state index contributed by atoms with van der Waals surface area (Å²) in [4.78, 5) is 27.3. The molecule has 0 saturated carbocycles. The van der Waals surface area contributed by atoms with Crippen LogP contribution in [0.3, 0.4) is 0 Å². The summed E-state index contributed by atoms with van der Waals surface area (Å²) in [5.74, 6) is 1.03. The Bertz CT molecular complexity index is 2020. The number of rotatable bonds is 6. The number of benzene rings is 4. The van der Waals surface area contributed by atoms with E-state index in [1.165, 1.54) is 21.2 Å². The maximum Gasteiger partial charge on any atom is 0.220 e. The molecule has 3 aliphatic rings. The van der Waals surface area contributed by atoms with Gasteiger partial charge in [-0.2, -0.15) is 9.98 Å². The van der Waals surface area contributed by atoms with Crippen LogP contribution < -0.4 is 37.6 Å². The normalized spacial score (nSPS) is 15.7. The van der Waals surface area contributed by atoms with Crippen molar-refractivity contribution in [1.82, 2.24) is 4.90 Å². The van der Waals surface area contributed by atoms with Crippen molar-refractivity contribution in [2.75, 3.05) is 41.9 Å². The van der Waals surface area contributed by atoms with E-state index >= 15 is 0 Å². The summed E-state index contributed by atoms with van der Waals surface area (Å²) < 4.78 is 0. The van der Waals surface area contributed by atoms with E-state index in [0.29, 0.717) is 22.0 Å². The van der Waals surface area contributed by atoms with Gasteiger partial charge in [-0.15, -0.1) is 37.2 Å². The van der Waals surface area contributed by atoms with Gasteiger partial charge >= 0.3 is 0 Å². The zero-order valence-electron chi connectivity index (χ0n) is 32.9. The molecule has 7 rings (SSSR count). The van der Waals surface area contributed by atoms with E-state index in [2.05, 4.69) is 80.3 Å². The van der Waals surface area contributed by atoms with Gasteiger partial charge in [-0.25, -0.2) is 9.98 Å². The highest BCUT2D eigenvalue weighted by Crippen LogP contribution is 2.48. The average Bonchev–Trinajstić information content (AvgIpc) is 3.09. The first-order chi connectivity index (χ1) is 25.9. The molecule has 19 heteroatoms. The van der Waals surface area contributed by atoms with Crippen molar-refractivity contribution >= 4 is 130 Å². The van der Waals surface area contributed by atoms with Gasteiger partial charge in [-0.3, -0.25) is 9.80 Å². The first-order valence-electron chi connectivity index (χ1n) is 17.4. The van der Waals surface area contributed by atoms with Crippen LogP contribution >= 0.6 is 83.8 Å². The topological polar surface area (TPSA) is 166 Å². The third-order valence-electron chi connectivity index (χ3n) is 8.53. The SMILES string of the molecule is CC1(C)N=C(N)N=C(N)N1c1ccc(Cl)cc1.CC1(C)N=C(N)N=C(N)N1c1ccc(Cl)cc1.CN(C)CCCN1c2ccccc2Sc2ccc(Cl)cc21.Cl.Cl.Cl. The number of guanidine groups is 4. The van der Waals surface area contributed by atoms with E-state index in [1.54, 1.807) is 34.1 Å². The Balaban J connectivity index is 0.000000295. The summed E-state index contributed by atoms with van der Waals surface area (Å²) in [6.45, 7) is 9.74. The van der Waals surface area contributed by atoms with Crippen molar-refractivity contribution in [1.29, 1.82) is 0 Å². The first kappa shape index (κ1) is 50.4. The largest absolute Gasteiger partial charge is 0.369 e. The Labute approximate surface area is 379 Å².